The Morgan fingerprint density at radius 1 is 0.433 bits per heavy atom. The van der Waals surface area contributed by atoms with Gasteiger partial charge in [0.25, 0.3) is 0 Å². The maximum atomic E-state index is 6.72. The third kappa shape index (κ3) is 5.09. The van der Waals surface area contributed by atoms with Gasteiger partial charge in [0.05, 0.1) is 27.8 Å². The van der Waals surface area contributed by atoms with Gasteiger partial charge < -0.3 is 13.9 Å². The summed E-state index contributed by atoms with van der Waals surface area (Å²) in [5.74, 6) is 0. The van der Waals surface area contributed by atoms with Crippen molar-refractivity contribution in [1.29, 1.82) is 0 Å². The van der Waals surface area contributed by atoms with Crippen LogP contribution in [0.5, 0.6) is 0 Å². The zero-order valence-corrected chi connectivity index (χ0v) is 33.4. The summed E-state index contributed by atoms with van der Waals surface area (Å²) < 4.78 is 9.10. The molecule has 3 nitrogen and oxygen atoms in total. The van der Waals surface area contributed by atoms with Crippen LogP contribution in [-0.4, -0.2) is 4.57 Å². The fraction of sp³-hybridized carbons (Fsp3) is 0.0526. The van der Waals surface area contributed by atoms with Crippen LogP contribution in [0.25, 0.3) is 82.8 Å². The largest absolute Gasteiger partial charge is 0.456 e. The molecule has 0 atom stereocenters. The number of nitrogens with zero attached hydrogens (tertiary/aromatic N) is 2. The van der Waals surface area contributed by atoms with E-state index >= 15 is 0 Å². The van der Waals surface area contributed by atoms with Gasteiger partial charge in [-0.05, 0) is 100 Å². The number of benzene rings is 9. The minimum atomic E-state index is -0.179. The predicted octanol–water partition coefficient (Wildman–Crippen LogP) is 15.8. The van der Waals surface area contributed by atoms with E-state index in [-0.39, 0.29) is 5.41 Å². The monoisotopic (exact) mass is 768 g/mol. The molecule has 0 saturated carbocycles. The van der Waals surface area contributed by atoms with E-state index in [1.54, 1.807) is 0 Å². The van der Waals surface area contributed by atoms with Crippen LogP contribution in [0, 0.1) is 0 Å². The summed E-state index contributed by atoms with van der Waals surface area (Å²) >= 11 is 0. The zero-order valence-electron chi connectivity index (χ0n) is 33.4. The fourth-order valence-electron chi connectivity index (χ4n) is 10.0. The second-order valence-electron chi connectivity index (χ2n) is 16.5. The van der Waals surface area contributed by atoms with E-state index in [0.717, 1.165) is 66.9 Å². The van der Waals surface area contributed by atoms with Crippen LogP contribution in [0.2, 0.25) is 0 Å². The Kier molecular flexibility index (Phi) is 7.58. The molecule has 1 aliphatic carbocycles. The van der Waals surface area contributed by atoms with E-state index in [1.807, 2.05) is 0 Å². The summed E-state index contributed by atoms with van der Waals surface area (Å²) in [7, 11) is 0. The van der Waals surface area contributed by atoms with E-state index in [9.17, 15) is 0 Å². The first-order chi connectivity index (χ1) is 29.5. The molecule has 0 spiro atoms. The molecule has 0 N–H and O–H groups in total. The van der Waals surface area contributed by atoms with Gasteiger partial charge in [-0.1, -0.05) is 153 Å². The van der Waals surface area contributed by atoms with E-state index < -0.39 is 0 Å². The number of furan rings is 1. The summed E-state index contributed by atoms with van der Waals surface area (Å²) in [4.78, 5) is 2.51. The van der Waals surface area contributed by atoms with Gasteiger partial charge in [-0.2, -0.15) is 0 Å². The summed E-state index contributed by atoms with van der Waals surface area (Å²) in [6.45, 7) is 4.72. The molecule has 12 rings (SSSR count). The van der Waals surface area contributed by atoms with Crippen LogP contribution >= 0.6 is 0 Å². The molecular formula is C57H40N2O. The highest BCUT2D eigenvalue weighted by atomic mass is 16.3. The second-order valence-corrected chi connectivity index (χ2v) is 16.5. The second kappa shape index (κ2) is 13.2. The third-order valence-electron chi connectivity index (χ3n) is 12.8. The molecule has 1 aliphatic rings. The Morgan fingerprint density at radius 2 is 1.08 bits per heavy atom. The Hall–Kier alpha value is -7.62. The number of hydrogen-bond donors (Lipinski definition) is 0. The lowest BCUT2D eigenvalue weighted by Crippen LogP contribution is -2.17. The van der Waals surface area contributed by atoms with Crippen LogP contribution in [0.1, 0.15) is 25.0 Å². The van der Waals surface area contributed by atoms with Crippen molar-refractivity contribution in [3.8, 4) is 39.1 Å². The van der Waals surface area contributed by atoms with Crippen LogP contribution in [0.3, 0.4) is 0 Å². The molecule has 0 saturated heterocycles. The number of para-hydroxylation sites is 4. The molecule has 0 aliphatic heterocycles. The maximum Gasteiger partial charge on any atom is 0.137 e. The Morgan fingerprint density at radius 3 is 1.93 bits per heavy atom. The van der Waals surface area contributed by atoms with E-state index in [4.69, 9.17) is 4.42 Å². The summed E-state index contributed by atoms with van der Waals surface area (Å²) in [6, 6.07) is 74.9. The summed E-state index contributed by atoms with van der Waals surface area (Å²) in [5.41, 5.74) is 18.2. The molecule has 9 aromatic carbocycles. The predicted molar refractivity (Wildman–Crippen MR) is 251 cm³/mol. The lowest BCUT2D eigenvalue weighted by molar-refractivity contribution is 0.660. The molecule has 2 heterocycles. The molecule has 0 amide bonds. The highest BCUT2D eigenvalue weighted by Crippen LogP contribution is 2.54. The lowest BCUT2D eigenvalue weighted by atomic mass is 9.82. The first kappa shape index (κ1) is 34.4. The van der Waals surface area contributed by atoms with Gasteiger partial charge in [-0.25, -0.2) is 0 Å². The van der Waals surface area contributed by atoms with E-state index in [1.165, 1.54) is 44.1 Å². The van der Waals surface area contributed by atoms with Gasteiger partial charge >= 0.3 is 0 Å². The number of fused-ring (bicyclic) bond motifs is 9. The SMILES string of the molecule is CC1(C)c2ccccc2-c2ccc(N(c3ccccc3-c3ccccc3)c3c(-c4ccc5c(c4)c4ccccc4n5-c4ccccc4)ccc4oc5ccccc5c34)cc21. The van der Waals surface area contributed by atoms with Gasteiger partial charge in [0.15, 0.2) is 0 Å². The van der Waals surface area contributed by atoms with Crippen molar-refractivity contribution in [2.24, 2.45) is 0 Å². The average molecular weight is 769 g/mol. The molecule has 0 fully saturated rings. The van der Waals surface area contributed by atoms with Crippen molar-refractivity contribution in [2.75, 3.05) is 4.90 Å². The summed E-state index contributed by atoms with van der Waals surface area (Å²) in [5, 5.41) is 4.60. The third-order valence-corrected chi connectivity index (χ3v) is 12.8. The van der Waals surface area contributed by atoms with Crippen molar-refractivity contribution in [2.45, 2.75) is 19.3 Å². The lowest BCUT2D eigenvalue weighted by Gasteiger charge is -2.32. The quantitative estimate of drug-likeness (QED) is 0.168. The van der Waals surface area contributed by atoms with Gasteiger partial charge in [-0.3, -0.25) is 0 Å². The first-order valence-corrected chi connectivity index (χ1v) is 20.8. The van der Waals surface area contributed by atoms with Crippen LogP contribution in [0.15, 0.2) is 211 Å². The highest BCUT2D eigenvalue weighted by Gasteiger charge is 2.36. The summed E-state index contributed by atoms with van der Waals surface area (Å²) in [6.07, 6.45) is 0. The van der Waals surface area contributed by atoms with Crippen molar-refractivity contribution < 1.29 is 4.42 Å². The Bertz CT molecular complexity index is 3460. The van der Waals surface area contributed by atoms with Crippen LogP contribution in [-0.2, 0) is 5.41 Å². The van der Waals surface area contributed by atoms with Gasteiger partial charge in [0.2, 0.25) is 0 Å². The molecule has 2 aromatic heterocycles. The molecule has 0 radical (unpaired) electrons. The van der Waals surface area contributed by atoms with Gasteiger partial charge in [0.1, 0.15) is 11.2 Å². The maximum absolute atomic E-state index is 6.72. The van der Waals surface area contributed by atoms with Crippen molar-refractivity contribution in [1.82, 2.24) is 4.57 Å². The van der Waals surface area contributed by atoms with Crippen molar-refractivity contribution in [3.63, 3.8) is 0 Å². The van der Waals surface area contributed by atoms with Gasteiger partial charge in [-0.15, -0.1) is 0 Å². The number of anilines is 3. The minimum Gasteiger partial charge on any atom is -0.456 e. The standard InChI is InChI=1S/C57H40N2O/c1-57(2)48-25-13-9-22-43(48)44-31-30-40(36-49(44)57)59(50-26-14-10-21-41(50)37-17-5-3-6-18-37)56-42(32-34-54-55(56)46-24-12-16-28-53(46)60-54)38-29-33-52-47(35-38)45-23-11-15-27-51(45)58(52)39-19-7-4-8-20-39/h3-36H,1-2H3. The Labute approximate surface area is 349 Å². The zero-order chi connectivity index (χ0) is 40.0. The Balaban J connectivity index is 1.19. The van der Waals surface area contributed by atoms with Crippen LogP contribution in [0.4, 0.5) is 17.1 Å². The number of aromatic nitrogens is 1. The van der Waals surface area contributed by atoms with E-state index in [2.05, 4.69) is 230 Å². The molecule has 3 heteroatoms. The van der Waals surface area contributed by atoms with E-state index in [0.29, 0.717) is 0 Å². The van der Waals surface area contributed by atoms with Crippen LogP contribution < -0.4 is 4.90 Å². The normalized spacial score (nSPS) is 13.0. The molecule has 0 bridgehead atoms. The molecule has 60 heavy (non-hydrogen) atoms. The number of hydrogen-bond acceptors (Lipinski definition) is 2. The fourth-order valence-corrected chi connectivity index (χ4v) is 10.0. The highest BCUT2D eigenvalue weighted by molar-refractivity contribution is 6.18. The minimum absolute atomic E-state index is 0.179. The molecule has 0 unspecified atom stereocenters. The topological polar surface area (TPSA) is 21.3 Å². The van der Waals surface area contributed by atoms with Crippen molar-refractivity contribution in [3.05, 3.63) is 217 Å². The van der Waals surface area contributed by atoms with Gasteiger partial charge in [0, 0.05) is 44.1 Å². The smallest absolute Gasteiger partial charge is 0.137 e. The molecule has 284 valence electrons. The molecule has 11 aromatic rings. The first-order valence-electron chi connectivity index (χ1n) is 20.8. The van der Waals surface area contributed by atoms with Crippen molar-refractivity contribution >= 4 is 60.8 Å². The average Bonchev–Trinajstić information content (AvgIpc) is 3.92. The molecular weight excluding hydrogens is 729 g/mol. The number of rotatable bonds is 6.